The summed E-state index contributed by atoms with van der Waals surface area (Å²) in [4.78, 5) is 2.29. The summed E-state index contributed by atoms with van der Waals surface area (Å²) in [6, 6.07) is 0. The van der Waals surface area contributed by atoms with Crippen LogP contribution in [-0.2, 0) is 0 Å². The first kappa shape index (κ1) is 8.23. The Balaban J connectivity index is 1.87. The molecule has 0 N–H and O–H groups in total. The quantitative estimate of drug-likeness (QED) is 0.317. The summed E-state index contributed by atoms with van der Waals surface area (Å²) in [7, 11) is 0. The maximum absolute atomic E-state index is 12.9. The summed E-state index contributed by atoms with van der Waals surface area (Å²) in [5.41, 5.74) is 0.440. The fourth-order valence-corrected chi connectivity index (χ4v) is 4.35. The molecule has 0 aromatic rings. The molecular formula is C8H14FIN-. The molecule has 1 atom stereocenters. The van der Waals surface area contributed by atoms with E-state index in [9.17, 15) is 4.39 Å². The zero-order chi connectivity index (χ0) is 7.90. The Labute approximate surface area is 77.9 Å². The number of rotatable bonds is 1. The van der Waals surface area contributed by atoms with Crippen LogP contribution in [0.5, 0.6) is 0 Å². The van der Waals surface area contributed by atoms with Crippen LogP contribution in [-0.4, -0.2) is 27.3 Å². The average Bonchev–Trinajstić information content (AvgIpc) is 2.28. The van der Waals surface area contributed by atoms with E-state index in [1.165, 1.54) is 13.1 Å². The molecule has 1 spiro atoms. The molecule has 0 radical (unpaired) electrons. The normalized spacial score (nSPS) is 36.4. The molecule has 1 unspecified atom stereocenters. The Morgan fingerprint density at radius 2 is 2.27 bits per heavy atom. The molecule has 2 rings (SSSR count). The van der Waals surface area contributed by atoms with Crippen molar-refractivity contribution in [3.05, 3.63) is 0 Å². The van der Waals surface area contributed by atoms with Crippen LogP contribution in [0.1, 0.15) is 19.3 Å². The minimum atomic E-state index is -0.479. The third kappa shape index (κ3) is 1.41. The van der Waals surface area contributed by atoms with Gasteiger partial charge in [0.25, 0.3) is 0 Å². The molecule has 2 aliphatic rings. The van der Waals surface area contributed by atoms with E-state index in [1.54, 1.807) is 0 Å². The maximum atomic E-state index is 12.9. The summed E-state index contributed by atoms with van der Waals surface area (Å²) < 4.78 is 15.4. The molecule has 1 nitrogen and oxygen atoms in total. The second-order valence-corrected chi connectivity index (χ2v) is 6.12. The molecular weight excluding hydrogens is 256 g/mol. The fourth-order valence-electron chi connectivity index (χ4n) is 2.23. The zero-order valence-electron chi connectivity index (χ0n) is 6.82. The van der Waals surface area contributed by atoms with E-state index in [0.29, 0.717) is 5.41 Å². The molecule has 1 aliphatic carbocycles. The summed E-state index contributed by atoms with van der Waals surface area (Å²) in [6.07, 6.45) is 2.35. The first-order valence-electron chi connectivity index (χ1n) is 4.13. The van der Waals surface area contributed by atoms with Crippen LogP contribution >= 0.6 is 0 Å². The van der Waals surface area contributed by atoms with Crippen molar-refractivity contribution in [3.8, 4) is 0 Å². The van der Waals surface area contributed by atoms with Gasteiger partial charge in [-0.25, -0.2) is 0 Å². The summed E-state index contributed by atoms with van der Waals surface area (Å²) in [5, 5.41) is 0. The van der Waals surface area contributed by atoms with Crippen LogP contribution < -0.4 is 21.5 Å². The van der Waals surface area contributed by atoms with Crippen molar-refractivity contribution in [2.75, 3.05) is 18.0 Å². The van der Waals surface area contributed by atoms with Crippen LogP contribution in [0.3, 0.4) is 0 Å². The van der Waals surface area contributed by atoms with Gasteiger partial charge < -0.3 is 0 Å². The predicted octanol–water partition coefficient (Wildman–Crippen LogP) is -1.56. The van der Waals surface area contributed by atoms with E-state index in [0.717, 1.165) is 19.3 Å². The molecule has 0 aromatic carbocycles. The second kappa shape index (κ2) is 2.83. The van der Waals surface area contributed by atoms with Crippen LogP contribution in [0.15, 0.2) is 0 Å². The standard InChI is InChI=1S/C8H14FIN/c1-10-11-5-8(6-11)3-2-7(9)4-8/h7H,2-6H2,1H3/q-1. The van der Waals surface area contributed by atoms with Crippen molar-refractivity contribution < 1.29 is 25.9 Å². The van der Waals surface area contributed by atoms with E-state index >= 15 is 0 Å². The number of nitrogens with zero attached hydrogens (tertiary/aromatic N) is 1. The molecule has 66 valence electrons. The Hall–Kier alpha value is 0.620. The Morgan fingerprint density at radius 3 is 2.73 bits per heavy atom. The van der Waals surface area contributed by atoms with E-state index in [2.05, 4.69) is 8.04 Å². The van der Waals surface area contributed by atoms with Gasteiger partial charge in [-0.3, -0.25) is 0 Å². The molecule has 2 fully saturated rings. The number of alkyl halides is 2. The van der Waals surface area contributed by atoms with Crippen molar-refractivity contribution >= 4 is 0 Å². The van der Waals surface area contributed by atoms with Crippen LogP contribution in [0.2, 0.25) is 0 Å². The van der Waals surface area contributed by atoms with Gasteiger partial charge in [-0.1, -0.05) is 0 Å². The molecule has 1 saturated heterocycles. The Bertz CT molecular complexity index is 156. The van der Waals surface area contributed by atoms with Gasteiger partial charge in [0, 0.05) is 0 Å². The third-order valence-corrected chi connectivity index (χ3v) is 4.94. The topological polar surface area (TPSA) is 3.24 Å². The first-order chi connectivity index (χ1) is 5.24. The van der Waals surface area contributed by atoms with Gasteiger partial charge >= 0.3 is 77.9 Å². The fraction of sp³-hybridized carbons (Fsp3) is 1.00. The monoisotopic (exact) mass is 270 g/mol. The number of hydrogen-bond donors (Lipinski definition) is 0. The molecule has 0 amide bonds. The van der Waals surface area contributed by atoms with Crippen LogP contribution in [0.25, 0.3) is 0 Å². The molecule has 11 heavy (non-hydrogen) atoms. The van der Waals surface area contributed by atoms with Gasteiger partial charge in [-0.2, -0.15) is 0 Å². The zero-order valence-corrected chi connectivity index (χ0v) is 8.97. The number of hydrogen-bond acceptors (Lipinski definition) is 1. The van der Waals surface area contributed by atoms with Gasteiger partial charge in [0.05, 0.1) is 0 Å². The number of halogens is 2. The van der Waals surface area contributed by atoms with Crippen molar-refractivity contribution in [2.45, 2.75) is 25.4 Å². The van der Waals surface area contributed by atoms with Crippen molar-refractivity contribution in [1.29, 1.82) is 0 Å². The van der Waals surface area contributed by atoms with Crippen molar-refractivity contribution in [1.82, 2.24) is 3.11 Å². The second-order valence-electron chi connectivity index (χ2n) is 3.79. The van der Waals surface area contributed by atoms with Crippen molar-refractivity contribution in [3.63, 3.8) is 0 Å². The molecule has 1 aliphatic heterocycles. The Morgan fingerprint density at radius 1 is 1.55 bits per heavy atom. The van der Waals surface area contributed by atoms with Crippen LogP contribution in [0.4, 0.5) is 4.39 Å². The van der Waals surface area contributed by atoms with Crippen molar-refractivity contribution in [2.24, 2.45) is 5.41 Å². The summed E-state index contributed by atoms with van der Waals surface area (Å²) >= 11 is 0.284. The van der Waals surface area contributed by atoms with Gasteiger partial charge in [0.15, 0.2) is 0 Å². The van der Waals surface area contributed by atoms with Gasteiger partial charge in [-0.05, 0) is 0 Å². The summed E-state index contributed by atoms with van der Waals surface area (Å²) in [5.74, 6) is 0. The average molecular weight is 270 g/mol. The third-order valence-electron chi connectivity index (χ3n) is 2.90. The van der Waals surface area contributed by atoms with Crippen LogP contribution in [0, 0.1) is 5.41 Å². The van der Waals surface area contributed by atoms with E-state index in [1.807, 2.05) is 0 Å². The summed E-state index contributed by atoms with van der Waals surface area (Å²) in [6.45, 7) is 2.41. The van der Waals surface area contributed by atoms with Gasteiger partial charge in [-0.15, -0.1) is 0 Å². The molecule has 1 saturated carbocycles. The molecule has 3 heteroatoms. The first-order valence-corrected chi connectivity index (χ1v) is 7.25. The van der Waals surface area contributed by atoms with E-state index in [-0.39, 0.29) is 21.5 Å². The molecule has 1 heterocycles. The SMILES string of the molecule is C[I-]N1CC2(CCC(F)C2)C1. The van der Waals surface area contributed by atoms with Gasteiger partial charge in [0.1, 0.15) is 0 Å². The van der Waals surface area contributed by atoms with E-state index in [4.69, 9.17) is 0 Å². The minimum absolute atomic E-state index is 0.284. The van der Waals surface area contributed by atoms with E-state index < -0.39 is 6.17 Å². The predicted molar refractivity (Wildman–Crippen MR) is 38.7 cm³/mol. The Kier molecular flexibility index (Phi) is 2.12. The molecule has 0 aromatic heterocycles. The van der Waals surface area contributed by atoms with Gasteiger partial charge in [0.2, 0.25) is 0 Å². The molecule has 0 bridgehead atoms.